The zero-order valence-electron chi connectivity index (χ0n) is 16.3. The second-order valence-corrected chi connectivity index (χ2v) is 7.53. The van der Waals surface area contributed by atoms with E-state index in [0.29, 0.717) is 11.6 Å². The van der Waals surface area contributed by atoms with Crippen molar-refractivity contribution < 1.29 is 14.4 Å². The van der Waals surface area contributed by atoms with Crippen molar-refractivity contribution in [3.63, 3.8) is 0 Å². The van der Waals surface area contributed by atoms with Crippen LogP contribution in [0.3, 0.4) is 0 Å². The predicted molar refractivity (Wildman–Crippen MR) is 102 cm³/mol. The second-order valence-electron chi connectivity index (χ2n) is 7.53. The number of imide groups is 1. The third kappa shape index (κ3) is 4.62. The van der Waals surface area contributed by atoms with Gasteiger partial charge in [0.25, 0.3) is 5.91 Å². The van der Waals surface area contributed by atoms with Crippen LogP contribution in [0, 0.1) is 12.8 Å². The fraction of sp³-hybridized carbons (Fsp3) is 0.550. The van der Waals surface area contributed by atoms with Gasteiger partial charge in [0.05, 0.1) is 0 Å². The van der Waals surface area contributed by atoms with Crippen molar-refractivity contribution in [2.24, 2.45) is 5.92 Å². The van der Waals surface area contributed by atoms with Gasteiger partial charge in [-0.2, -0.15) is 0 Å². The summed E-state index contributed by atoms with van der Waals surface area (Å²) in [5.74, 6) is -0.0820. The molecule has 0 radical (unpaired) electrons. The molecule has 0 bridgehead atoms. The molecule has 2 atom stereocenters. The van der Waals surface area contributed by atoms with Gasteiger partial charge in [0, 0.05) is 11.7 Å². The van der Waals surface area contributed by atoms with Crippen LogP contribution in [-0.4, -0.2) is 41.4 Å². The minimum absolute atomic E-state index is 0.0170. The SMILES string of the molecule is Cc1ccc(N2C(=O)N(CC(=O)N[C@@H](C)CCC(C)C)C(=O)[C@H]2C)cc1. The molecule has 1 heterocycles. The maximum atomic E-state index is 12.7. The lowest BCUT2D eigenvalue weighted by atomic mass is 10.0. The number of aryl methyl sites for hydroxylation is 1. The zero-order chi connectivity index (χ0) is 19.4. The third-order valence-corrected chi connectivity index (χ3v) is 4.65. The Kier molecular flexibility index (Phi) is 6.40. The monoisotopic (exact) mass is 359 g/mol. The topological polar surface area (TPSA) is 69.7 Å². The molecule has 4 amide bonds. The number of nitrogens with zero attached hydrogens (tertiary/aromatic N) is 2. The van der Waals surface area contributed by atoms with Gasteiger partial charge >= 0.3 is 6.03 Å². The highest BCUT2D eigenvalue weighted by atomic mass is 16.2. The van der Waals surface area contributed by atoms with E-state index < -0.39 is 12.1 Å². The van der Waals surface area contributed by atoms with Crippen molar-refractivity contribution in [3.05, 3.63) is 29.8 Å². The highest BCUT2D eigenvalue weighted by Crippen LogP contribution is 2.25. The second kappa shape index (κ2) is 8.34. The molecule has 142 valence electrons. The van der Waals surface area contributed by atoms with Crippen molar-refractivity contribution in [2.45, 2.75) is 59.5 Å². The van der Waals surface area contributed by atoms with E-state index >= 15 is 0 Å². The van der Waals surface area contributed by atoms with Crippen LogP contribution in [0.5, 0.6) is 0 Å². The molecule has 6 heteroatoms. The quantitative estimate of drug-likeness (QED) is 0.761. The summed E-state index contributed by atoms with van der Waals surface area (Å²) in [6, 6.07) is 6.37. The van der Waals surface area contributed by atoms with Crippen LogP contribution in [0.4, 0.5) is 10.5 Å². The number of urea groups is 1. The summed E-state index contributed by atoms with van der Waals surface area (Å²) in [6.07, 6.45) is 1.89. The highest BCUT2D eigenvalue weighted by molar-refractivity contribution is 6.15. The summed E-state index contributed by atoms with van der Waals surface area (Å²) >= 11 is 0. The van der Waals surface area contributed by atoms with Crippen LogP contribution < -0.4 is 10.2 Å². The summed E-state index contributed by atoms with van der Waals surface area (Å²) < 4.78 is 0. The Balaban J connectivity index is 2.01. The fourth-order valence-corrected chi connectivity index (χ4v) is 3.03. The summed E-state index contributed by atoms with van der Waals surface area (Å²) in [7, 11) is 0. The van der Waals surface area contributed by atoms with Crippen molar-refractivity contribution in [2.75, 3.05) is 11.4 Å². The first-order valence-electron chi connectivity index (χ1n) is 9.21. The Bertz CT molecular complexity index is 669. The van der Waals surface area contributed by atoms with E-state index in [0.717, 1.165) is 23.3 Å². The van der Waals surface area contributed by atoms with E-state index in [-0.39, 0.29) is 24.4 Å². The lowest BCUT2D eigenvalue weighted by Gasteiger charge is -2.20. The largest absolute Gasteiger partial charge is 0.352 e. The van der Waals surface area contributed by atoms with Crippen LogP contribution in [0.2, 0.25) is 0 Å². The van der Waals surface area contributed by atoms with Crippen molar-refractivity contribution in [1.29, 1.82) is 0 Å². The molecular weight excluding hydrogens is 330 g/mol. The molecule has 1 aromatic rings. The van der Waals surface area contributed by atoms with Crippen LogP contribution in [0.1, 0.15) is 46.1 Å². The number of anilines is 1. The van der Waals surface area contributed by atoms with E-state index in [9.17, 15) is 14.4 Å². The number of nitrogens with one attached hydrogen (secondary N) is 1. The molecule has 0 spiro atoms. The molecule has 0 aliphatic carbocycles. The lowest BCUT2D eigenvalue weighted by molar-refractivity contribution is -0.132. The molecule has 1 N–H and O–H groups in total. The number of rotatable bonds is 7. The maximum absolute atomic E-state index is 12.7. The Hall–Kier alpha value is -2.37. The molecule has 1 fully saturated rings. The number of carbonyl (C=O) groups excluding carboxylic acids is 3. The van der Waals surface area contributed by atoms with E-state index in [1.54, 1.807) is 6.92 Å². The molecule has 1 aliphatic heterocycles. The molecule has 0 saturated carbocycles. The van der Waals surface area contributed by atoms with E-state index in [1.165, 1.54) is 4.90 Å². The Labute approximate surface area is 155 Å². The number of benzene rings is 1. The highest BCUT2D eigenvalue weighted by Gasteiger charge is 2.44. The standard InChI is InChI=1S/C20H29N3O3/c1-13(2)6-9-15(4)21-18(24)12-22-19(25)16(5)23(20(22)26)17-10-7-14(3)8-11-17/h7-8,10-11,13,15-16H,6,9,12H2,1-5H3,(H,21,24)/t15-,16+/m0/s1. The van der Waals surface area contributed by atoms with Gasteiger partial charge in [-0.3, -0.25) is 19.4 Å². The molecule has 1 saturated heterocycles. The minimum Gasteiger partial charge on any atom is -0.352 e. The van der Waals surface area contributed by atoms with Crippen LogP contribution >= 0.6 is 0 Å². The predicted octanol–water partition coefficient (Wildman–Crippen LogP) is 3.09. The average Bonchev–Trinajstić information content (AvgIpc) is 2.78. The van der Waals surface area contributed by atoms with Crippen molar-refractivity contribution >= 4 is 23.5 Å². The number of amides is 4. The maximum Gasteiger partial charge on any atom is 0.332 e. The first kappa shape index (κ1) is 19.9. The van der Waals surface area contributed by atoms with Crippen LogP contribution in [0.25, 0.3) is 0 Å². The van der Waals surface area contributed by atoms with Crippen molar-refractivity contribution in [1.82, 2.24) is 10.2 Å². The van der Waals surface area contributed by atoms with E-state index in [1.807, 2.05) is 38.1 Å². The summed E-state index contributed by atoms with van der Waals surface area (Å²) in [5, 5.41) is 2.88. The van der Waals surface area contributed by atoms with Crippen molar-refractivity contribution in [3.8, 4) is 0 Å². The first-order valence-corrected chi connectivity index (χ1v) is 9.21. The molecule has 1 aromatic carbocycles. The first-order chi connectivity index (χ1) is 12.2. The molecule has 2 rings (SSSR count). The van der Waals surface area contributed by atoms with Gasteiger partial charge in [-0.15, -0.1) is 0 Å². The molecule has 26 heavy (non-hydrogen) atoms. The van der Waals surface area contributed by atoms with Crippen LogP contribution in [0.15, 0.2) is 24.3 Å². The Morgan fingerprint density at radius 2 is 1.73 bits per heavy atom. The molecule has 0 aromatic heterocycles. The molecule has 1 aliphatic rings. The summed E-state index contributed by atoms with van der Waals surface area (Å²) in [6.45, 7) is 9.62. The number of carbonyl (C=O) groups is 3. The third-order valence-electron chi connectivity index (χ3n) is 4.65. The summed E-state index contributed by atoms with van der Waals surface area (Å²) in [4.78, 5) is 39.9. The normalized spacial score (nSPS) is 18.6. The minimum atomic E-state index is -0.614. The zero-order valence-corrected chi connectivity index (χ0v) is 16.3. The lowest BCUT2D eigenvalue weighted by Crippen LogP contribution is -2.44. The van der Waals surface area contributed by atoms with Gasteiger partial charge in [0.2, 0.25) is 5.91 Å². The van der Waals surface area contributed by atoms with Gasteiger partial charge < -0.3 is 5.32 Å². The number of hydrogen-bond donors (Lipinski definition) is 1. The van der Waals surface area contributed by atoms with Gasteiger partial charge in [-0.1, -0.05) is 31.5 Å². The number of hydrogen-bond acceptors (Lipinski definition) is 3. The van der Waals surface area contributed by atoms with Gasteiger partial charge in [-0.25, -0.2) is 4.79 Å². The van der Waals surface area contributed by atoms with E-state index in [2.05, 4.69) is 19.2 Å². The summed E-state index contributed by atoms with van der Waals surface area (Å²) in [5.41, 5.74) is 1.74. The van der Waals surface area contributed by atoms with Gasteiger partial charge in [0.1, 0.15) is 12.6 Å². The Morgan fingerprint density at radius 1 is 1.12 bits per heavy atom. The average molecular weight is 359 g/mol. The smallest absolute Gasteiger partial charge is 0.332 e. The van der Waals surface area contributed by atoms with Crippen LogP contribution in [-0.2, 0) is 9.59 Å². The Morgan fingerprint density at radius 3 is 2.31 bits per heavy atom. The van der Waals surface area contributed by atoms with Gasteiger partial charge in [0.15, 0.2) is 0 Å². The fourth-order valence-electron chi connectivity index (χ4n) is 3.03. The molecule has 0 unspecified atom stereocenters. The molecular formula is C20H29N3O3. The van der Waals surface area contributed by atoms with E-state index in [4.69, 9.17) is 0 Å². The van der Waals surface area contributed by atoms with Gasteiger partial charge in [-0.05, 0) is 51.7 Å². The molecule has 6 nitrogen and oxygen atoms in total.